The molecule has 1 N–H and O–H groups in total. The van der Waals surface area contributed by atoms with Gasteiger partial charge in [0, 0.05) is 12.8 Å². The van der Waals surface area contributed by atoms with Crippen LogP contribution in [0, 0.1) is 5.92 Å². The van der Waals surface area contributed by atoms with Crippen molar-refractivity contribution in [1.82, 2.24) is 0 Å². The molecule has 0 aromatic carbocycles. The standard InChI is InChI=1S/C8H14O4/c1-5-4-11-7(3-9)8(5)12-6(2)10/h5,7-9H,3-4H2,1-2H3. The van der Waals surface area contributed by atoms with Crippen LogP contribution in [0.1, 0.15) is 13.8 Å². The lowest BCUT2D eigenvalue weighted by Crippen LogP contribution is -2.32. The van der Waals surface area contributed by atoms with Crippen LogP contribution in [-0.4, -0.2) is 36.5 Å². The minimum Gasteiger partial charge on any atom is -0.459 e. The second kappa shape index (κ2) is 3.87. The molecule has 3 atom stereocenters. The van der Waals surface area contributed by atoms with Crippen LogP contribution in [0.5, 0.6) is 0 Å². The molecule has 0 aromatic rings. The van der Waals surface area contributed by atoms with Crippen LogP contribution in [0.25, 0.3) is 0 Å². The Kier molecular flexibility index (Phi) is 3.05. The summed E-state index contributed by atoms with van der Waals surface area (Å²) in [7, 11) is 0. The zero-order chi connectivity index (χ0) is 9.14. The van der Waals surface area contributed by atoms with E-state index in [-0.39, 0.29) is 30.7 Å². The maximum Gasteiger partial charge on any atom is 0.303 e. The van der Waals surface area contributed by atoms with Gasteiger partial charge in [-0.05, 0) is 0 Å². The number of carbonyl (C=O) groups excluding carboxylic acids is 1. The maximum absolute atomic E-state index is 10.6. The fourth-order valence-corrected chi connectivity index (χ4v) is 1.37. The Morgan fingerprint density at radius 2 is 2.42 bits per heavy atom. The lowest BCUT2D eigenvalue weighted by molar-refractivity contribution is -0.151. The van der Waals surface area contributed by atoms with E-state index in [1.807, 2.05) is 6.92 Å². The molecule has 4 nitrogen and oxygen atoms in total. The molecule has 12 heavy (non-hydrogen) atoms. The summed E-state index contributed by atoms with van der Waals surface area (Å²) in [6, 6.07) is 0. The molecule has 1 saturated heterocycles. The van der Waals surface area contributed by atoms with E-state index in [2.05, 4.69) is 0 Å². The lowest BCUT2D eigenvalue weighted by Gasteiger charge is -2.18. The summed E-state index contributed by atoms with van der Waals surface area (Å²) in [6.45, 7) is 3.74. The monoisotopic (exact) mass is 174 g/mol. The lowest BCUT2D eigenvalue weighted by atomic mass is 10.0. The number of aliphatic hydroxyl groups is 1. The highest BCUT2D eigenvalue weighted by molar-refractivity contribution is 5.66. The molecular weight excluding hydrogens is 160 g/mol. The van der Waals surface area contributed by atoms with Gasteiger partial charge < -0.3 is 14.6 Å². The Bertz CT molecular complexity index is 168. The van der Waals surface area contributed by atoms with E-state index in [9.17, 15) is 4.79 Å². The van der Waals surface area contributed by atoms with Crippen molar-refractivity contribution in [3.63, 3.8) is 0 Å². The largest absolute Gasteiger partial charge is 0.459 e. The molecule has 0 amide bonds. The van der Waals surface area contributed by atoms with Crippen molar-refractivity contribution in [3.05, 3.63) is 0 Å². The summed E-state index contributed by atoms with van der Waals surface area (Å²) in [4.78, 5) is 10.6. The van der Waals surface area contributed by atoms with Crippen molar-refractivity contribution in [3.8, 4) is 0 Å². The highest BCUT2D eigenvalue weighted by atomic mass is 16.6. The molecule has 0 spiro atoms. The van der Waals surface area contributed by atoms with Crippen LogP contribution in [-0.2, 0) is 14.3 Å². The van der Waals surface area contributed by atoms with E-state index in [1.54, 1.807) is 0 Å². The molecular formula is C8H14O4. The first-order valence-electron chi connectivity index (χ1n) is 4.05. The van der Waals surface area contributed by atoms with Crippen LogP contribution in [0.15, 0.2) is 0 Å². The van der Waals surface area contributed by atoms with E-state index < -0.39 is 0 Å². The number of aliphatic hydroxyl groups excluding tert-OH is 1. The quantitative estimate of drug-likeness (QED) is 0.596. The topological polar surface area (TPSA) is 55.8 Å². The van der Waals surface area contributed by atoms with Gasteiger partial charge in [-0.25, -0.2) is 0 Å². The minimum atomic E-state index is -0.344. The number of hydrogen-bond donors (Lipinski definition) is 1. The number of carbonyl (C=O) groups is 1. The van der Waals surface area contributed by atoms with Gasteiger partial charge in [-0.15, -0.1) is 0 Å². The van der Waals surface area contributed by atoms with Gasteiger partial charge in [0.2, 0.25) is 0 Å². The molecule has 4 heteroatoms. The van der Waals surface area contributed by atoms with Crippen LogP contribution >= 0.6 is 0 Å². The van der Waals surface area contributed by atoms with Gasteiger partial charge in [-0.1, -0.05) is 6.92 Å². The zero-order valence-electron chi connectivity index (χ0n) is 7.32. The summed E-state index contributed by atoms with van der Waals surface area (Å²) < 4.78 is 10.2. The average molecular weight is 174 g/mol. The number of hydrogen-bond acceptors (Lipinski definition) is 4. The Labute approximate surface area is 71.5 Å². The van der Waals surface area contributed by atoms with Gasteiger partial charge >= 0.3 is 5.97 Å². The Morgan fingerprint density at radius 3 is 2.92 bits per heavy atom. The molecule has 1 aliphatic heterocycles. The van der Waals surface area contributed by atoms with Gasteiger partial charge in [0.25, 0.3) is 0 Å². The first-order valence-corrected chi connectivity index (χ1v) is 4.05. The third-order valence-electron chi connectivity index (χ3n) is 1.98. The first-order chi connectivity index (χ1) is 5.65. The third-order valence-corrected chi connectivity index (χ3v) is 1.98. The van der Waals surface area contributed by atoms with Crippen LogP contribution in [0.3, 0.4) is 0 Å². The van der Waals surface area contributed by atoms with Crippen molar-refractivity contribution >= 4 is 5.97 Å². The SMILES string of the molecule is CC(=O)OC1C(C)COC1CO. The summed E-state index contributed by atoms with van der Waals surface area (Å²) in [5.74, 6) is -0.151. The van der Waals surface area contributed by atoms with Gasteiger partial charge in [0.15, 0.2) is 0 Å². The fourth-order valence-electron chi connectivity index (χ4n) is 1.37. The highest BCUT2D eigenvalue weighted by Crippen LogP contribution is 2.22. The summed E-state index contributed by atoms with van der Waals surface area (Å²) in [5, 5.41) is 8.85. The fraction of sp³-hybridized carbons (Fsp3) is 0.875. The second-order valence-corrected chi connectivity index (χ2v) is 3.11. The normalized spacial score (nSPS) is 35.1. The molecule has 1 fully saturated rings. The highest BCUT2D eigenvalue weighted by Gasteiger charge is 2.36. The third kappa shape index (κ3) is 1.95. The van der Waals surface area contributed by atoms with Crippen LogP contribution < -0.4 is 0 Å². The maximum atomic E-state index is 10.6. The van der Waals surface area contributed by atoms with Crippen molar-refractivity contribution in [2.45, 2.75) is 26.1 Å². The summed E-state index contributed by atoms with van der Waals surface area (Å²) in [6.07, 6.45) is -0.628. The first kappa shape index (κ1) is 9.48. The second-order valence-electron chi connectivity index (χ2n) is 3.11. The Morgan fingerprint density at radius 1 is 1.75 bits per heavy atom. The Balaban J connectivity index is 2.51. The smallest absolute Gasteiger partial charge is 0.303 e. The van der Waals surface area contributed by atoms with E-state index in [0.717, 1.165) is 0 Å². The number of rotatable bonds is 2. The van der Waals surface area contributed by atoms with E-state index >= 15 is 0 Å². The van der Waals surface area contributed by atoms with Gasteiger partial charge in [-0.3, -0.25) is 4.79 Å². The minimum absolute atomic E-state index is 0.0950. The Hall–Kier alpha value is -0.610. The molecule has 0 radical (unpaired) electrons. The summed E-state index contributed by atoms with van der Waals surface area (Å²) >= 11 is 0. The predicted octanol–water partition coefficient (Wildman–Crippen LogP) is -0.0547. The number of esters is 1. The molecule has 0 aliphatic carbocycles. The van der Waals surface area contributed by atoms with Crippen molar-refractivity contribution in [1.29, 1.82) is 0 Å². The predicted molar refractivity (Wildman–Crippen MR) is 41.5 cm³/mol. The van der Waals surface area contributed by atoms with Gasteiger partial charge in [0.05, 0.1) is 13.2 Å². The molecule has 1 heterocycles. The van der Waals surface area contributed by atoms with Crippen molar-refractivity contribution in [2.75, 3.05) is 13.2 Å². The van der Waals surface area contributed by atoms with E-state index in [1.165, 1.54) is 6.92 Å². The van der Waals surface area contributed by atoms with Crippen LogP contribution in [0.2, 0.25) is 0 Å². The van der Waals surface area contributed by atoms with E-state index in [4.69, 9.17) is 14.6 Å². The molecule has 0 aromatic heterocycles. The molecule has 70 valence electrons. The molecule has 0 saturated carbocycles. The van der Waals surface area contributed by atoms with Gasteiger partial charge in [-0.2, -0.15) is 0 Å². The number of ether oxygens (including phenoxy) is 2. The van der Waals surface area contributed by atoms with Crippen LogP contribution in [0.4, 0.5) is 0 Å². The summed E-state index contributed by atoms with van der Waals surface area (Å²) in [5.41, 5.74) is 0. The molecule has 1 rings (SSSR count). The zero-order valence-corrected chi connectivity index (χ0v) is 7.32. The van der Waals surface area contributed by atoms with E-state index in [0.29, 0.717) is 6.61 Å². The molecule has 3 unspecified atom stereocenters. The van der Waals surface area contributed by atoms with Crippen molar-refractivity contribution in [2.24, 2.45) is 5.92 Å². The molecule has 0 bridgehead atoms. The van der Waals surface area contributed by atoms with Gasteiger partial charge in [0.1, 0.15) is 12.2 Å². The van der Waals surface area contributed by atoms with Crippen molar-refractivity contribution < 1.29 is 19.4 Å². The average Bonchev–Trinajstić information content (AvgIpc) is 2.32. The molecule has 1 aliphatic rings.